The van der Waals surface area contributed by atoms with Crippen molar-refractivity contribution in [2.45, 2.75) is 51.1 Å². The monoisotopic (exact) mass is 266 g/mol. The molecule has 0 radical (unpaired) electrons. The van der Waals surface area contributed by atoms with E-state index in [4.69, 9.17) is 4.74 Å². The Labute approximate surface area is 116 Å². The van der Waals surface area contributed by atoms with E-state index in [0.29, 0.717) is 23.9 Å². The van der Waals surface area contributed by atoms with E-state index in [2.05, 4.69) is 16.7 Å². The predicted octanol–water partition coefficient (Wildman–Crippen LogP) is 1.50. The van der Waals surface area contributed by atoms with E-state index < -0.39 is 0 Å². The van der Waals surface area contributed by atoms with Gasteiger partial charge in [-0.3, -0.25) is 9.69 Å². The van der Waals surface area contributed by atoms with Gasteiger partial charge >= 0.3 is 0 Å². The zero-order chi connectivity index (χ0) is 13.2. The summed E-state index contributed by atoms with van der Waals surface area (Å²) in [7, 11) is 0. The first-order chi connectivity index (χ1) is 9.29. The Balaban J connectivity index is 1.48. The molecule has 0 atom stereocenters. The summed E-state index contributed by atoms with van der Waals surface area (Å²) in [6.45, 7) is 7.06. The second kappa shape index (κ2) is 5.80. The van der Waals surface area contributed by atoms with Gasteiger partial charge in [-0.05, 0) is 32.2 Å². The van der Waals surface area contributed by atoms with Gasteiger partial charge in [0.15, 0.2) is 0 Å². The van der Waals surface area contributed by atoms with Crippen LogP contribution in [0.5, 0.6) is 0 Å². The highest BCUT2D eigenvalue weighted by Gasteiger charge is 2.40. The lowest BCUT2D eigenvalue weighted by Gasteiger charge is -2.50. The maximum Gasteiger partial charge on any atom is 0.225 e. The van der Waals surface area contributed by atoms with E-state index in [1.54, 1.807) is 0 Å². The highest BCUT2D eigenvalue weighted by Crippen LogP contribution is 2.31. The normalized spacial score (nSPS) is 26.3. The van der Waals surface area contributed by atoms with Crippen LogP contribution in [0.4, 0.5) is 0 Å². The maximum atomic E-state index is 12.1. The molecule has 0 aromatic rings. The van der Waals surface area contributed by atoms with Crippen molar-refractivity contribution in [2.24, 2.45) is 5.92 Å². The van der Waals surface area contributed by atoms with Crippen LogP contribution in [-0.2, 0) is 9.53 Å². The van der Waals surface area contributed by atoms with E-state index in [9.17, 15) is 4.79 Å². The Hall–Kier alpha value is -0.610. The molecule has 2 saturated heterocycles. The minimum atomic E-state index is 0.360. The maximum absolute atomic E-state index is 12.1. The quantitative estimate of drug-likeness (QED) is 0.773. The summed E-state index contributed by atoms with van der Waals surface area (Å²) in [4.78, 5) is 16.8. The van der Waals surface area contributed by atoms with E-state index in [1.165, 1.54) is 6.42 Å². The SMILES string of the molecule is CCN(C1CCOCC1)C1CN(C(=O)C2CCC2)C1. The molecule has 1 amide bonds. The smallest absolute Gasteiger partial charge is 0.225 e. The van der Waals surface area contributed by atoms with Crippen molar-refractivity contribution in [1.29, 1.82) is 0 Å². The fourth-order valence-corrected chi connectivity index (χ4v) is 3.59. The molecule has 0 bridgehead atoms. The first kappa shape index (κ1) is 13.4. The first-order valence-electron chi connectivity index (χ1n) is 7.92. The fourth-order valence-electron chi connectivity index (χ4n) is 3.59. The number of ether oxygens (including phenoxy) is 1. The van der Waals surface area contributed by atoms with E-state index in [0.717, 1.165) is 58.5 Å². The van der Waals surface area contributed by atoms with Crippen LogP contribution in [0.2, 0.25) is 0 Å². The van der Waals surface area contributed by atoms with Crippen molar-refractivity contribution < 1.29 is 9.53 Å². The molecule has 1 aliphatic carbocycles. The number of carbonyl (C=O) groups is 1. The van der Waals surface area contributed by atoms with Gasteiger partial charge < -0.3 is 9.64 Å². The molecule has 2 aliphatic heterocycles. The predicted molar refractivity (Wildman–Crippen MR) is 73.9 cm³/mol. The van der Waals surface area contributed by atoms with Crippen LogP contribution in [-0.4, -0.2) is 60.6 Å². The van der Waals surface area contributed by atoms with Crippen LogP contribution < -0.4 is 0 Å². The van der Waals surface area contributed by atoms with Crippen molar-refractivity contribution in [3.05, 3.63) is 0 Å². The molecule has 3 fully saturated rings. The van der Waals surface area contributed by atoms with Gasteiger partial charge in [0.1, 0.15) is 0 Å². The molecule has 0 aromatic carbocycles. The average Bonchev–Trinajstić information content (AvgIpc) is 2.31. The topological polar surface area (TPSA) is 32.8 Å². The third-order valence-electron chi connectivity index (χ3n) is 5.12. The molecule has 0 unspecified atom stereocenters. The van der Waals surface area contributed by atoms with Crippen molar-refractivity contribution in [3.63, 3.8) is 0 Å². The summed E-state index contributed by atoms with van der Waals surface area (Å²) in [5.41, 5.74) is 0. The molecule has 0 aromatic heterocycles. The number of amides is 1. The zero-order valence-electron chi connectivity index (χ0n) is 12.0. The Bertz CT molecular complexity index is 318. The first-order valence-corrected chi connectivity index (χ1v) is 7.92. The number of carbonyl (C=O) groups excluding carboxylic acids is 1. The van der Waals surface area contributed by atoms with Gasteiger partial charge in [-0.1, -0.05) is 13.3 Å². The lowest BCUT2D eigenvalue weighted by atomic mass is 9.83. The zero-order valence-corrected chi connectivity index (χ0v) is 12.0. The van der Waals surface area contributed by atoms with E-state index in [1.807, 2.05) is 0 Å². The number of nitrogens with zero attached hydrogens (tertiary/aromatic N) is 2. The standard InChI is InChI=1S/C15H26N2O2/c1-2-17(13-6-8-19-9-7-13)14-10-16(11-14)15(18)12-4-3-5-12/h12-14H,2-11H2,1H3. The molecule has 4 heteroatoms. The third kappa shape index (κ3) is 2.65. The molecular formula is C15H26N2O2. The van der Waals surface area contributed by atoms with E-state index in [-0.39, 0.29) is 0 Å². The molecule has 0 spiro atoms. The van der Waals surface area contributed by atoms with Crippen LogP contribution in [0.25, 0.3) is 0 Å². The van der Waals surface area contributed by atoms with Crippen LogP contribution in [0.15, 0.2) is 0 Å². The summed E-state index contributed by atoms with van der Waals surface area (Å²) in [5, 5.41) is 0. The van der Waals surface area contributed by atoms with E-state index >= 15 is 0 Å². The Morgan fingerprint density at radius 1 is 1.16 bits per heavy atom. The average molecular weight is 266 g/mol. The lowest BCUT2D eigenvalue weighted by molar-refractivity contribution is -0.147. The van der Waals surface area contributed by atoms with Gasteiger partial charge in [0.05, 0.1) is 0 Å². The summed E-state index contributed by atoms with van der Waals surface area (Å²) in [5.74, 6) is 0.782. The Morgan fingerprint density at radius 2 is 1.84 bits per heavy atom. The summed E-state index contributed by atoms with van der Waals surface area (Å²) >= 11 is 0. The second-order valence-corrected chi connectivity index (χ2v) is 6.20. The number of rotatable bonds is 4. The molecule has 3 rings (SSSR count). The molecule has 0 N–H and O–H groups in total. The summed E-state index contributed by atoms with van der Waals surface area (Å²) < 4.78 is 5.45. The number of likely N-dealkylation sites (N-methyl/N-ethyl adjacent to an activating group) is 1. The Kier molecular flexibility index (Phi) is 4.08. The minimum Gasteiger partial charge on any atom is -0.381 e. The van der Waals surface area contributed by atoms with Crippen molar-refractivity contribution >= 4 is 5.91 Å². The van der Waals surface area contributed by atoms with Crippen LogP contribution in [0, 0.1) is 5.92 Å². The summed E-state index contributed by atoms with van der Waals surface area (Å²) in [6, 6.07) is 1.27. The molecule has 108 valence electrons. The van der Waals surface area contributed by atoms with Gasteiger partial charge in [0, 0.05) is 44.3 Å². The van der Waals surface area contributed by atoms with Gasteiger partial charge in [0.2, 0.25) is 5.91 Å². The third-order valence-corrected chi connectivity index (χ3v) is 5.12. The summed E-state index contributed by atoms with van der Waals surface area (Å²) in [6.07, 6.45) is 5.80. The van der Waals surface area contributed by atoms with Gasteiger partial charge in [0.25, 0.3) is 0 Å². The molecule has 19 heavy (non-hydrogen) atoms. The van der Waals surface area contributed by atoms with Crippen LogP contribution >= 0.6 is 0 Å². The fraction of sp³-hybridized carbons (Fsp3) is 0.933. The highest BCUT2D eigenvalue weighted by molar-refractivity contribution is 5.80. The number of hydrogen-bond donors (Lipinski definition) is 0. The Morgan fingerprint density at radius 3 is 2.37 bits per heavy atom. The molecule has 4 nitrogen and oxygen atoms in total. The van der Waals surface area contributed by atoms with Gasteiger partial charge in [-0.2, -0.15) is 0 Å². The molecular weight excluding hydrogens is 240 g/mol. The molecule has 3 aliphatic rings. The molecule has 1 saturated carbocycles. The molecule has 2 heterocycles. The van der Waals surface area contributed by atoms with Crippen molar-refractivity contribution in [3.8, 4) is 0 Å². The number of likely N-dealkylation sites (tertiary alicyclic amines) is 1. The van der Waals surface area contributed by atoms with Crippen molar-refractivity contribution in [1.82, 2.24) is 9.80 Å². The van der Waals surface area contributed by atoms with Gasteiger partial charge in [-0.25, -0.2) is 0 Å². The van der Waals surface area contributed by atoms with Crippen molar-refractivity contribution in [2.75, 3.05) is 32.8 Å². The van der Waals surface area contributed by atoms with Crippen LogP contribution in [0.1, 0.15) is 39.0 Å². The van der Waals surface area contributed by atoms with Gasteiger partial charge in [-0.15, -0.1) is 0 Å². The second-order valence-electron chi connectivity index (χ2n) is 6.20. The lowest BCUT2D eigenvalue weighted by Crippen LogP contribution is -2.64. The minimum absolute atomic E-state index is 0.360. The highest BCUT2D eigenvalue weighted by atomic mass is 16.5. The largest absolute Gasteiger partial charge is 0.381 e. The number of hydrogen-bond acceptors (Lipinski definition) is 3. The van der Waals surface area contributed by atoms with Crippen LogP contribution in [0.3, 0.4) is 0 Å².